The first kappa shape index (κ1) is 13.1. The molecule has 0 amide bonds. The van der Waals surface area contributed by atoms with Gasteiger partial charge in [-0.25, -0.2) is 0 Å². The minimum absolute atomic E-state index is 0.145. The maximum Gasteiger partial charge on any atom is 0.305 e. The first-order valence-corrected chi connectivity index (χ1v) is 5.82. The number of ketones is 1. The molecule has 1 aliphatic rings. The fourth-order valence-electron chi connectivity index (χ4n) is 1.94. The van der Waals surface area contributed by atoms with Crippen LogP contribution in [0.25, 0.3) is 0 Å². The second-order valence-electron chi connectivity index (χ2n) is 4.32. The molecule has 0 saturated carbocycles. The summed E-state index contributed by atoms with van der Waals surface area (Å²) >= 11 is 0. The lowest BCUT2D eigenvalue weighted by Gasteiger charge is -2.26. The summed E-state index contributed by atoms with van der Waals surface area (Å²) in [7, 11) is 0. The molecular weight excluding hydrogens is 208 g/mol. The first-order valence-electron chi connectivity index (χ1n) is 5.82. The van der Waals surface area contributed by atoms with Gasteiger partial charge < -0.3 is 15.7 Å². The predicted molar refractivity (Wildman–Crippen MR) is 60.1 cm³/mol. The molecule has 0 unspecified atom stereocenters. The minimum atomic E-state index is -1.01. The fraction of sp³-hybridized carbons (Fsp3) is 0.818. The summed E-state index contributed by atoms with van der Waals surface area (Å²) in [5.41, 5.74) is 5.48. The van der Waals surface area contributed by atoms with Crippen LogP contribution in [0, 0.1) is 0 Å². The predicted octanol–water partition coefficient (Wildman–Crippen LogP) is 0.233. The number of hydrogen-bond donors (Lipinski definition) is 2. The van der Waals surface area contributed by atoms with Crippen molar-refractivity contribution in [3.63, 3.8) is 0 Å². The number of likely N-dealkylation sites (tertiary alicyclic amines) is 1. The third kappa shape index (κ3) is 4.72. The van der Waals surface area contributed by atoms with Gasteiger partial charge in [-0.1, -0.05) is 6.42 Å². The Balaban J connectivity index is 2.20. The van der Waals surface area contributed by atoms with Crippen molar-refractivity contribution in [2.75, 3.05) is 19.6 Å². The number of carboxylic acid groups (broad SMARTS) is 1. The van der Waals surface area contributed by atoms with E-state index < -0.39 is 12.0 Å². The number of Topliss-reactive ketones (excluding diaryl/α,β-unsaturated/α-hetero) is 1. The van der Waals surface area contributed by atoms with Crippen molar-refractivity contribution in [3.05, 3.63) is 0 Å². The Bertz CT molecular complexity index is 250. The topological polar surface area (TPSA) is 83.6 Å². The second kappa shape index (κ2) is 6.60. The molecule has 1 aliphatic heterocycles. The van der Waals surface area contributed by atoms with Crippen molar-refractivity contribution < 1.29 is 14.7 Å². The third-order valence-corrected chi connectivity index (χ3v) is 2.93. The third-order valence-electron chi connectivity index (χ3n) is 2.93. The molecule has 1 atom stereocenters. The summed E-state index contributed by atoms with van der Waals surface area (Å²) in [6.45, 7) is 2.80. The molecule has 0 bridgehead atoms. The van der Waals surface area contributed by atoms with E-state index in [0.29, 0.717) is 13.0 Å². The van der Waals surface area contributed by atoms with Gasteiger partial charge in [-0.05, 0) is 25.9 Å². The summed E-state index contributed by atoms with van der Waals surface area (Å²) in [4.78, 5) is 24.1. The quantitative estimate of drug-likeness (QED) is 0.680. The molecule has 5 nitrogen and oxygen atoms in total. The van der Waals surface area contributed by atoms with Gasteiger partial charge >= 0.3 is 5.97 Å². The summed E-state index contributed by atoms with van der Waals surface area (Å²) in [6, 6.07) is -0.845. The number of carboxylic acids is 1. The Morgan fingerprint density at radius 3 is 2.44 bits per heavy atom. The van der Waals surface area contributed by atoms with Gasteiger partial charge in [0.1, 0.15) is 0 Å². The summed E-state index contributed by atoms with van der Waals surface area (Å²) in [5, 5.41) is 8.51. The van der Waals surface area contributed by atoms with Crippen molar-refractivity contribution in [2.24, 2.45) is 5.73 Å². The van der Waals surface area contributed by atoms with Crippen LogP contribution < -0.4 is 5.73 Å². The highest BCUT2D eigenvalue weighted by molar-refractivity contribution is 5.87. The number of carbonyl (C=O) groups excluding carboxylic acids is 1. The lowest BCUT2D eigenvalue weighted by molar-refractivity contribution is -0.139. The molecule has 0 aromatic rings. The number of piperidine rings is 1. The Morgan fingerprint density at radius 1 is 1.25 bits per heavy atom. The number of carbonyl (C=O) groups is 2. The first-order chi connectivity index (χ1) is 7.59. The number of hydrogen-bond acceptors (Lipinski definition) is 4. The average molecular weight is 228 g/mol. The molecule has 1 heterocycles. The highest BCUT2D eigenvalue weighted by atomic mass is 16.4. The molecule has 1 fully saturated rings. The molecule has 16 heavy (non-hydrogen) atoms. The van der Waals surface area contributed by atoms with Crippen LogP contribution in [-0.2, 0) is 9.59 Å². The van der Waals surface area contributed by atoms with E-state index in [2.05, 4.69) is 4.90 Å². The summed E-state index contributed by atoms with van der Waals surface area (Å²) in [5.74, 6) is -1.16. The normalized spacial score (nSPS) is 19.3. The van der Waals surface area contributed by atoms with E-state index in [1.54, 1.807) is 0 Å². The molecule has 92 valence electrons. The van der Waals surface area contributed by atoms with Crippen molar-refractivity contribution in [1.82, 2.24) is 4.90 Å². The van der Waals surface area contributed by atoms with E-state index in [-0.39, 0.29) is 12.2 Å². The van der Waals surface area contributed by atoms with Crippen molar-refractivity contribution in [3.8, 4) is 0 Å². The zero-order chi connectivity index (χ0) is 12.0. The number of nitrogens with two attached hydrogens (primary N) is 1. The van der Waals surface area contributed by atoms with E-state index in [4.69, 9.17) is 10.8 Å². The van der Waals surface area contributed by atoms with Crippen LogP contribution in [0.1, 0.15) is 32.1 Å². The van der Waals surface area contributed by atoms with Gasteiger partial charge in [0.15, 0.2) is 5.78 Å². The zero-order valence-corrected chi connectivity index (χ0v) is 9.52. The molecule has 0 radical (unpaired) electrons. The van der Waals surface area contributed by atoms with Crippen LogP contribution in [0.4, 0.5) is 0 Å². The van der Waals surface area contributed by atoms with Crippen LogP contribution in [0.5, 0.6) is 0 Å². The second-order valence-corrected chi connectivity index (χ2v) is 4.32. The summed E-state index contributed by atoms with van der Waals surface area (Å²) in [6.07, 6.45) is 3.75. The van der Waals surface area contributed by atoms with Crippen LogP contribution >= 0.6 is 0 Å². The van der Waals surface area contributed by atoms with Crippen LogP contribution in [0.3, 0.4) is 0 Å². The molecule has 0 aromatic heterocycles. The molecule has 1 rings (SSSR count). The highest BCUT2D eigenvalue weighted by Crippen LogP contribution is 2.09. The van der Waals surface area contributed by atoms with Gasteiger partial charge in [-0.3, -0.25) is 9.59 Å². The van der Waals surface area contributed by atoms with Gasteiger partial charge in [0.2, 0.25) is 0 Å². The highest BCUT2D eigenvalue weighted by Gasteiger charge is 2.18. The molecule has 0 aliphatic carbocycles. The largest absolute Gasteiger partial charge is 0.481 e. The lowest BCUT2D eigenvalue weighted by Crippen LogP contribution is -2.37. The van der Waals surface area contributed by atoms with Crippen molar-refractivity contribution in [1.29, 1.82) is 0 Å². The van der Waals surface area contributed by atoms with Gasteiger partial charge in [-0.15, -0.1) is 0 Å². The van der Waals surface area contributed by atoms with E-state index in [1.807, 2.05) is 0 Å². The molecule has 0 spiro atoms. The lowest BCUT2D eigenvalue weighted by atomic mass is 10.1. The van der Waals surface area contributed by atoms with E-state index in [9.17, 15) is 9.59 Å². The molecule has 1 saturated heterocycles. The van der Waals surface area contributed by atoms with Crippen molar-refractivity contribution in [2.45, 2.75) is 38.1 Å². The summed E-state index contributed by atoms with van der Waals surface area (Å²) < 4.78 is 0. The molecular formula is C11H20N2O3. The average Bonchev–Trinajstić information content (AvgIpc) is 2.26. The zero-order valence-electron chi connectivity index (χ0n) is 9.52. The number of rotatable bonds is 6. The van der Waals surface area contributed by atoms with Crippen LogP contribution in [0.15, 0.2) is 0 Å². The van der Waals surface area contributed by atoms with Crippen LogP contribution in [-0.4, -0.2) is 47.4 Å². The van der Waals surface area contributed by atoms with Gasteiger partial charge in [0.05, 0.1) is 12.5 Å². The van der Waals surface area contributed by atoms with Crippen LogP contribution in [0.2, 0.25) is 0 Å². The fourth-order valence-corrected chi connectivity index (χ4v) is 1.94. The Morgan fingerprint density at radius 2 is 1.88 bits per heavy atom. The minimum Gasteiger partial charge on any atom is -0.481 e. The van der Waals surface area contributed by atoms with Crippen molar-refractivity contribution >= 4 is 11.8 Å². The molecule has 5 heteroatoms. The maximum absolute atomic E-state index is 11.5. The van der Waals surface area contributed by atoms with E-state index in [0.717, 1.165) is 13.1 Å². The van der Waals surface area contributed by atoms with E-state index in [1.165, 1.54) is 19.3 Å². The van der Waals surface area contributed by atoms with Gasteiger partial charge in [-0.2, -0.15) is 0 Å². The number of aliphatic carboxylic acids is 1. The maximum atomic E-state index is 11.5. The van der Waals surface area contributed by atoms with Gasteiger partial charge in [0.25, 0.3) is 0 Å². The smallest absolute Gasteiger partial charge is 0.305 e. The SMILES string of the molecule is N[C@@H](CC(=O)O)C(=O)CCN1CCCCC1. The number of nitrogens with zero attached hydrogens (tertiary/aromatic N) is 1. The molecule has 0 aromatic carbocycles. The standard InChI is InChI=1S/C11H20N2O3/c12-9(8-11(15)16)10(14)4-7-13-5-2-1-3-6-13/h9H,1-8,12H2,(H,15,16)/t9-/m0/s1. The Kier molecular flexibility index (Phi) is 5.42. The monoisotopic (exact) mass is 228 g/mol. The van der Waals surface area contributed by atoms with E-state index >= 15 is 0 Å². The molecule has 3 N–H and O–H groups in total. The van der Waals surface area contributed by atoms with Gasteiger partial charge in [0, 0.05) is 13.0 Å². The Labute approximate surface area is 95.6 Å². The Hall–Kier alpha value is -0.940.